The minimum absolute atomic E-state index is 0. The molecule has 1 amide bonds. The highest BCUT2D eigenvalue weighted by molar-refractivity contribution is 7.13. The van der Waals surface area contributed by atoms with Crippen LogP contribution in [0.25, 0.3) is 10.7 Å². The van der Waals surface area contributed by atoms with Crippen LogP contribution in [0.15, 0.2) is 22.0 Å². The molecule has 3 heterocycles. The third-order valence-corrected chi connectivity index (χ3v) is 4.82. The van der Waals surface area contributed by atoms with Crippen molar-refractivity contribution in [2.75, 3.05) is 13.1 Å². The molecule has 0 saturated carbocycles. The van der Waals surface area contributed by atoms with Crippen molar-refractivity contribution >= 4 is 29.7 Å². The standard InChI is InChI=1S/C15H20N4O2S.ClH/c1-10-6-7-16-9-11(10)17-13(20)4-5-14-18-15(19-21-14)12-3-2-8-22-12;/h2-3,8,10-11,16H,4-7,9H2,1H3,(H,17,20);1H. The van der Waals surface area contributed by atoms with Crippen molar-refractivity contribution in [3.8, 4) is 10.7 Å². The van der Waals surface area contributed by atoms with Crippen LogP contribution in [0.3, 0.4) is 0 Å². The quantitative estimate of drug-likeness (QED) is 0.859. The van der Waals surface area contributed by atoms with Gasteiger partial charge in [-0.25, -0.2) is 0 Å². The average Bonchev–Trinajstić information content (AvgIpc) is 3.18. The molecule has 126 valence electrons. The van der Waals surface area contributed by atoms with E-state index in [0.29, 0.717) is 30.5 Å². The number of carbonyl (C=O) groups excluding carboxylic acids is 1. The molecule has 6 nitrogen and oxygen atoms in total. The van der Waals surface area contributed by atoms with E-state index in [4.69, 9.17) is 4.52 Å². The SMILES string of the molecule is CC1CCNCC1NC(=O)CCc1nc(-c2cccs2)no1.Cl. The number of halogens is 1. The van der Waals surface area contributed by atoms with E-state index in [1.807, 2.05) is 17.5 Å². The number of thiophene rings is 1. The third-order valence-electron chi connectivity index (χ3n) is 3.95. The first-order valence-corrected chi connectivity index (χ1v) is 8.47. The lowest BCUT2D eigenvalue weighted by molar-refractivity contribution is -0.122. The van der Waals surface area contributed by atoms with Crippen molar-refractivity contribution in [3.05, 3.63) is 23.4 Å². The van der Waals surface area contributed by atoms with Crippen LogP contribution in [-0.2, 0) is 11.2 Å². The Bertz CT molecular complexity index is 617. The topological polar surface area (TPSA) is 80.0 Å². The van der Waals surface area contributed by atoms with Gasteiger partial charge < -0.3 is 15.2 Å². The average molecular weight is 357 g/mol. The summed E-state index contributed by atoms with van der Waals surface area (Å²) in [6, 6.07) is 4.11. The van der Waals surface area contributed by atoms with Gasteiger partial charge >= 0.3 is 0 Å². The Morgan fingerprint density at radius 2 is 2.43 bits per heavy atom. The number of hydrogen-bond donors (Lipinski definition) is 2. The van der Waals surface area contributed by atoms with Crippen molar-refractivity contribution in [1.29, 1.82) is 0 Å². The molecule has 0 radical (unpaired) electrons. The molecule has 0 aliphatic carbocycles. The zero-order valence-corrected chi connectivity index (χ0v) is 14.6. The van der Waals surface area contributed by atoms with Gasteiger partial charge in [0.15, 0.2) is 0 Å². The Kier molecular flexibility index (Phi) is 6.56. The summed E-state index contributed by atoms with van der Waals surface area (Å²) in [5.74, 6) is 1.65. The fourth-order valence-electron chi connectivity index (χ4n) is 2.54. The van der Waals surface area contributed by atoms with Crippen LogP contribution >= 0.6 is 23.7 Å². The van der Waals surface area contributed by atoms with Crippen molar-refractivity contribution in [2.45, 2.75) is 32.2 Å². The molecular formula is C15H21ClN4O2S. The lowest BCUT2D eigenvalue weighted by Gasteiger charge is -2.30. The Hall–Kier alpha value is -1.44. The zero-order valence-electron chi connectivity index (χ0n) is 12.9. The molecule has 2 aromatic rings. The van der Waals surface area contributed by atoms with E-state index in [1.54, 1.807) is 11.3 Å². The highest BCUT2D eigenvalue weighted by atomic mass is 35.5. The minimum Gasteiger partial charge on any atom is -0.352 e. The number of hydrogen-bond acceptors (Lipinski definition) is 6. The van der Waals surface area contributed by atoms with Gasteiger partial charge in [0, 0.05) is 25.4 Å². The number of rotatable bonds is 5. The van der Waals surface area contributed by atoms with E-state index < -0.39 is 0 Å². The van der Waals surface area contributed by atoms with Gasteiger partial charge in [-0.05, 0) is 30.3 Å². The first-order chi connectivity index (χ1) is 10.7. The lowest BCUT2D eigenvalue weighted by atomic mass is 9.95. The Balaban J connectivity index is 0.00000192. The summed E-state index contributed by atoms with van der Waals surface area (Å²) in [7, 11) is 0. The van der Waals surface area contributed by atoms with Crippen molar-refractivity contribution < 1.29 is 9.32 Å². The first-order valence-electron chi connectivity index (χ1n) is 7.59. The number of piperidine rings is 1. The van der Waals surface area contributed by atoms with E-state index >= 15 is 0 Å². The molecule has 3 rings (SSSR count). The minimum atomic E-state index is 0. The molecule has 2 unspecified atom stereocenters. The predicted molar refractivity (Wildman–Crippen MR) is 91.8 cm³/mol. The van der Waals surface area contributed by atoms with Gasteiger partial charge in [0.1, 0.15) is 0 Å². The van der Waals surface area contributed by atoms with Gasteiger partial charge in [-0.2, -0.15) is 4.98 Å². The summed E-state index contributed by atoms with van der Waals surface area (Å²) in [6.45, 7) is 4.05. The van der Waals surface area contributed by atoms with Gasteiger partial charge in [-0.15, -0.1) is 23.7 Å². The number of nitrogens with one attached hydrogen (secondary N) is 2. The van der Waals surface area contributed by atoms with Crippen LogP contribution in [-0.4, -0.2) is 35.2 Å². The maximum absolute atomic E-state index is 12.0. The van der Waals surface area contributed by atoms with Gasteiger partial charge in [0.2, 0.25) is 17.6 Å². The Labute approximate surface area is 145 Å². The largest absolute Gasteiger partial charge is 0.352 e. The van der Waals surface area contributed by atoms with Gasteiger partial charge in [0.05, 0.1) is 4.88 Å². The smallest absolute Gasteiger partial charge is 0.227 e. The maximum atomic E-state index is 12.0. The lowest BCUT2D eigenvalue weighted by Crippen LogP contribution is -2.50. The summed E-state index contributed by atoms with van der Waals surface area (Å²) in [4.78, 5) is 17.3. The molecule has 0 bridgehead atoms. The predicted octanol–water partition coefficient (Wildman–Crippen LogP) is 2.27. The summed E-state index contributed by atoms with van der Waals surface area (Å²) >= 11 is 1.57. The molecule has 1 fully saturated rings. The number of aryl methyl sites for hydroxylation is 1. The molecule has 0 aromatic carbocycles. The third kappa shape index (κ3) is 4.76. The molecular weight excluding hydrogens is 336 g/mol. The molecule has 2 N–H and O–H groups in total. The van der Waals surface area contributed by atoms with Crippen molar-refractivity contribution in [1.82, 2.24) is 20.8 Å². The van der Waals surface area contributed by atoms with Crippen molar-refractivity contribution in [3.63, 3.8) is 0 Å². The van der Waals surface area contributed by atoms with E-state index in [1.165, 1.54) is 0 Å². The van der Waals surface area contributed by atoms with E-state index in [9.17, 15) is 4.79 Å². The number of aromatic nitrogens is 2. The first kappa shape index (κ1) is 17.9. The molecule has 2 aromatic heterocycles. The highest BCUT2D eigenvalue weighted by Crippen LogP contribution is 2.21. The van der Waals surface area contributed by atoms with Crippen LogP contribution in [0.2, 0.25) is 0 Å². The highest BCUT2D eigenvalue weighted by Gasteiger charge is 2.22. The summed E-state index contributed by atoms with van der Waals surface area (Å²) in [6.07, 6.45) is 1.94. The van der Waals surface area contributed by atoms with E-state index in [-0.39, 0.29) is 24.4 Å². The zero-order chi connectivity index (χ0) is 15.4. The maximum Gasteiger partial charge on any atom is 0.227 e. The second kappa shape index (κ2) is 8.42. The molecule has 1 aliphatic heterocycles. The van der Waals surface area contributed by atoms with Crippen LogP contribution in [0, 0.1) is 5.92 Å². The van der Waals surface area contributed by atoms with Crippen LogP contribution in [0.5, 0.6) is 0 Å². The monoisotopic (exact) mass is 356 g/mol. The van der Waals surface area contributed by atoms with Crippen LogP contribution in [0.4, 0.5) is 0 Å². The van der Waals surface area contributed by atoms with Gasteiger partial charge in [-0.1, -0.05) is 18.1 Å². The van der Waals surface area contributed by atoms with E-state index in [2.05, 4.69) is 27.7 Å². The second-order valence-corrected chi connectivity index (χ2v) is 6.58. The van der Waals surface area contributed by atoms with Crippen LogP contribution < -0.4 is 10.6 Å². The number of amides is 1. The summed E-state index contributed by atoms with van der Waals surface area (Å²) in [5.41, 5.74) is 0. The molecule has 1 aliphatic rings. The Morgan fingerprint density at radius 1 is 1.57 bits per heavy atom. The molecule has 2 atom stereocenters. The second-order valence-electron chi connectivity index (χ2n) is 5.63. The number of nitrogens with zero attached hydrogens (tertiary/aromatic N) is 2. The molecule has 0 spiro atoms. The van der Waals surface area contributed by atoms with E-state index in [0.717, 1.165) is 24.4 Å². The summed E-state index contributed by atoms with van der Waals surface area (Å²) < 4.78 is 5.20. The fourth-order valence-corrected chi connectivity index (χ4v) is 3.19. The Morgan fingerprint density at radius 3 is 3.17 bits per heavy atom. The number of carbonyl (C=O) groups is 1. The van der Waals surface area contributed by atoms with Gasteiger partial charge in [0.25, 0.3) is 0 Å². The van der Waals surface area contributed by atoms with Crippen molar-refractivity contribution in [2.24, 2.45) is 5.92 Å². The molecule has 1 saturated heterocycles. The van der Waals surface area contributed by atoms with Gasteiger partial charge in [-0.3, -0.25) is 4.79 Å². The summed E-state index contributed by atoms with van der Waals surface area (Å²) in [5, 5.41) is 12.3. The fraction of sp³-hybridized carbons (Fsp3) is 0.533. The molecule has 8 heteroatoms. The normalized spacial score (nSPS) is 20.7. The van der Waals surface area contributed by atoms with Crippen LogP contribution in [0.1, 0.15) is 25.7 Å². The molecule has 23 heavy (non-hydrogen) atoms.